The average molecular weight is 362 g/mol. The molecule has 0 radical (unpaired) electrons. The summed E-state index contributed by atoms with van der Waals surface area (Å²) in [6.07, 6.45) is 3.16. The predicted octanol–water partition coefficient (Wildman–Crippen LogP) is 4.23. The van der Waals surface area contributed by atoms with Crippen LogP contribution in [0, 0.1) is 18.6 Å². The van der Waals surface area contributed by atoms with Crippen LogP contribution in [-0.4, -0.2) is 19.5 Å². The van der Waals surface area contributed by atoms with Gasteiger partial charge in [-0.2, -0.15) is 0 Å². The van der Waals surface area contributed by atoms with E-state index in [1.807, 2.05) is 29.8 Å². The summed E-state index contributed by atoms with van der Waals surface area (Å²) in [5.41, 5.74) is 3.56. The van der Waals surface area contributed by atoms with Crippen LogP contribution in [0.15, 0.2) is 42.6 Å². The van der Waals surface area contributed by atoms with E-state index >= 15 is 0 Å². The van der Waals surface area contributed by atoms with Crippen LogP contribution in [0.4, 0.5) is 8.78 Å². The van der Waals surface area contributed by atoms with Crippen LogP contribution in [0.3, 0.4) is 0 Å². The Morgan fingerprint density at radius 2 is 1.78 bits per heavy atom. The van der Waals surface area contributed by atoms with Gasteiger partial charge in [0.05, 0.1) is 12.2 Å². The molecule has 0 fully saturated rings. The van der Waals surface area contributed by atoms with Gasteiger partial charge in [-0.3, -0.25) is 0 Å². The monoisotopic (exact) mass is 362 g/mol. The summed E-state index contributed by atoms with van der Waals surface area (Å²) in [7, 11) is 0. The SMILES string of the molecule is Cc1nc(CCc2cn3c(n2)-c2cccc(F)c2C3)nc2c(F)cccc12. The highest BCUT2D eigenvalue weighted by Gasteiger charge is 2.23. The topological polar surface area (TPSA) is 43.6 Å². The van der Waals surface area contributed by atoms with Crippen molar-refractivity contribution in [1.82, 2.24) is 19.5 Å². The Labute approximate surface area is 154 Å². The molecule has 3 heterocycles. The minimum atomic E-state index is -0.334. The summed E-state index contributed by atoms with van der Waals surface area (Å²) in [6, 6.07) is 9.99. The highest BCUT2D eigenvalue weighted by molar-refractivity contribution is 5.81. The van der Waals surface area contributed by atoms with E-state index in [2.05, 4.69) is 15.0 Å². The Kier molecular flexibility index (Phi) is 3.53. The van der Waals surface area contributed by atoms with Crippen LogP contribution in [0.1, 0.15) is 22.8 Å². The zero-order valence-electron chi connectivity index (χ0n) is 14.7. The molecule has 4 nitrogen and oxygen atoms in total. The predicted molar refractivity (Wildman–Crippen MR) is 98.4 cm³/mol. The lowest BCUT2D eigenvalue weighted by molar-refractivity contribution is 0.607. The largest absolute Gasteiger partial charge is 0.326 e. The first kappa shape index (κ1) is 16.1. The van der Waals surface area contributed by atoms with E-state index in [0.717, 1.165) is 28.2 Å². The molecule has 0 bridgehead atoms. The molecular formula is C21H16F2N4. The Morgan fingerprint density at radius 1 is 0.963 bits per heavy atom. The smallest absolute Gasteiger partial charge is 0.149 e. The maximum atomic E-state index is 14.1. The van der Waals surface area contributed by atoms with Gasteiger partial charge in [0.25, 0.3) is 0 Å². The Morgan fingerprint density at radius 3 is 2.67 bits per heavy atom. The van der Waals surface area contributed by atoms with Gasteiger partial charge in [-0.25, -0.2) is 23.7 Å². The lowest BCUT2D eigenvalue weighted by atomic mass is 10.1. The second-order valence-electron chi connectivity index (χ2n) is 6.81. The van der Waals surface area contributed by atoms with Gasteiger partial charge in [0.2, 0.25) is 0 Å². The molecule has 6 heteroatoms. The normalized spacial score (nSPS) is 12.4. The number of hydrogen-bond acceptors (Lipinski definition) is 3. The maximum absolute atomic E-state index is 14.1. The third-order valence-electron chi connectivity index (χ3n) is 5.03. The fraction of sp³-hybridized carbons (Fsp3) is 0.190. The molecule has 0 atom stereocenters. The van der Waals surface area contributed by atoms with Crippen molar-refractivity contribution in [3.05, 3.63) is 77.0 Å². The molecule has 2 aromatic heterocycles. The van der Waals surface area contributed by atoms with E-state index in [1.165, 1.54) is 12.1 Å². The molecule has 0 N–H and O–H groups in total. The highest BCUT2D eigenvalue weighted by Crippen LogP contribution is 2.32. The Balaban J connectivity index is 1.42. The van der Waals surface area contributed by atoms with E-state index in [0.29, 0.717) is 36.3 Å². The number of rotatable bonds is 3. The van der Waals surface area contributed by atoms with Gasteiger partial charge in [0, 0.05) is 34.8 Å². The summed E-state index contributed by atoms with van der Waals surface area (Å²) in [4.78, 5) is 13.6. The van der Waals surface area contributed by atoms with E-state index in [9.17, 15) is 8.78 Å². The van der Waals surface area contributed by atoms with Crippen molar-refractivity contribution in [2.45, 2.75) is 26.3 Å². The zero-order chi connectivity index (χ0) is 18.5. The first-order valence-corrected chi connectivity index (χ1v) is 8.86. The number of aryl methyl sites for hydroxylation is 3. The molecule has 5 rings (SSSR count). The fourth-order valence-corrected chi connectivity index (χ4v) is 3.71. The fourth-order valence-electron chi connectivity index (χ4n) is 3.71. The number of hydrogen-bond donors (Lipinski definition) is 0. The standard InChI is InChI=1S/C21H16F2N4/c1-12-14-4-2-7-18(23)20(14)26-19(24-12)9-8-13-10-27-11-16-15(21(27)25-13)5-3-6-17(16)22/h2-7,10H,8-9,11H2,1H3. The first-order valence-electron chi connectivity index (χ1n) is 8.86. The molecule has 134 valence electrons. The number of aromatic nitrogens is 4. The lowest BCUT2D eigenvalue weighted by Gasteiger charge is -2.06. The van der Waals surface area contributed by atoms with E-state index in [-0.39, 0.29) is 11.6 Å². The summed E-state index contributed by atoms with van der Waals surface area (Å²) in [6.45, 7) is 2.37. The van der Waals surface area contributed by atoms with Crippen molar-refractivity contribution in [2.24, 2.45) is 0 Å². The number of nitrogens with zero attached hydrogens (tertiary/aromatic N) is 4. The van der Waals surface area contributed by atoms with Crippen LogP contribution in [-0.2, 0) is 19.4 Å². The van der Waals surface area contributed by atoms with E-state index < -0.39 is 0 Å². The molecule has 4 aromatic rings. The molecule has 0 saturated carbocycles. The van der Waals surface area contributed by atoms with Gasteiger partial charge >= 0.3 is 0 Å². The summed E-state index contributed by atoms with van der Waals surface area (Å²) >= 11 is 0. The van der Waals surface area contributed by atoms with Gasteiger partial charge < -0.3 is 4.57 Å². The van der Waals surface area contributed by atoms with Crippen LogP contribution in [0.2, 0.25) is 0 Å². The molecule has 1 aliphatic heterocycles. The lowest BCUT2D eigenvalue weighted by Crippen LogP contribution is -2.02. The van der Waals surface area contributed by atoms with E-state index in [1.54, 1.807) is 12.1 Å². The highest BCUT2D eigenvalue weighted by atomic mass is 19.1. The molecule has 0 amide bonds. The average Bonchev–Trinajstić information content (AvgIpc) is 3.20. The van der Waals surface area contributed by atoms with E-state index in [4.69, 9.17) is 0 Å². The Hall–Kier alpha value is -3.15. The van der Waals surface area contributed by atoms with Gasteiger partial charge in [0.15, 0.2) is 0 Å². The minimum absolute atomic E-state index is 0.193. The molecule has 1 aliphatic rings. The molecule has 0 saturated heterocycles. The number of imidazole rings is 1. The molecule has 0 aliphatic carbocycles. The van der Waals surface area contributed by atoms with Crippen molar-refractivity contribution >= 4 is 10.9 Å². The Bertz CT molecular complexity index is 1200. The number of fused-ring (bicyclic) bond motifs is 4. The number of benzene rings is 2. The number of halogens is 2. The van der Waals surface area contributed by atoms with Gasteiger partial charge in [-0.05, 0) is 25.5 Å². The minimum Gasteiger partial charge on any atom is -0.326 e. The second kappa shape index (κ2) is 5.94. The second-order valence-corrected chi connectivity index (χ2v) is 6.81. The van der Waals surface area contributed by atoms with Crippen molar-refractivity contribution < 1.29 is 8.78 Å². The zero-order valence-corrected chi connectivity index (χ0v) is 14.7. The van der Waals surface area contributed by atoms with Crippen molar-refractivity contribution in [1.29, 1.82) is 0 Å². The first-order chi connectivity index (χ1) is 13.1. The van der Waals surface area contributed by atoms with Crippen LogP contribution >= 0.6 is 0 Å². The summed E-state index contributed by atoms with van der Waals surface area (Å²) in [5, 5.41) is 0.735. The summed E-state index contributed by atoms with van der Waals surface area (Å²) < 4.78 is 29.9. The third kappa shape index (κ3) is 2.60. The van der Waals surface area contributed by atoms with Crippen molar-refractivity contribution in [3.63, 3.8) is 0 Å². The van der Waals surface area contributed by atoms with Crippen molar-refractivity contribution in [2.75, 3.05) is 0 Å². The van der Waals surface area contributed by atoms with Gasteiger partial charge in [0.1, 0.15) is 28.8 Å². The molecule has 27 heavy (non-hydrogen) atoms. The molecule has 2 aromatic carbocycles. The molecular weight excluding hydrogens is 346 g/mol. The summed E-state index contributed by atoms with van der Waals surface area (Å²) in [5.74, 6) is 0.867. The number of para-hydroxylation sites is 1. The van der Waals surface area contributed by atoms with Gasteiger partial charge in [-0.15, -0.1) is 0 Å². The third-order valence-corrected chi connectivity index (χ3v) is 5.03. The molecule has 0 spiro atoms. The van der Waals surface area contributed by atoms with Crippen LogP contribution < -0.4 is 0 Å². The van der Waals surface area contributed by atoms with Crippen molar-refractivity contribution in [3.8, 4) is 11.4 Å². The van der Waals surface area contributed by atoms with Crippen LogP contribution in [0.25, 0.3) is 22.3 Å². The molecule has 0 unspecified atom stereocenters. The maximum Gasteiger partial charge on any atom is 0.149 e. The quantitative estimate of drug-likeness (QED) is 0.482. The van der Waals surface area contributed by atoms with Gasteiger partial charge in [-0.1, -0.05) is 24.3 Å². The van der Waals surface area contributed by atoms with Crippen LogP contribution in [0.5, 0.6) is 0 Å².